The van der Waals surface area contributed by atoms with Crippen LogP contribution >= 0.6 is 0 Å². The molecule has 0 radical (unpaired) electrons. The highest BCUT2D eigenvalue weighted by molar-refractivity contribution is 5.15. The minimum Gasteiger partial charge on any atom is -0.385 e. The molecule has 2 aliphatic rings. The monoisotopic (exact) mass is 533 g/mol. The van der Waals surface area contributed by atoms with Crippen molar-refractivity contribution in [1.82, 2.24) is 5.32 Å². The standard InChI is InChI=1S/C32H39NO6/c1-32(2)27(33-32)22-38-31-28(34)30(37-20-25-16-10-5-11-17-25)29(36-19-24-14-8-4-9-15-24)26(39-31)21-35-18-23-12-6-3-7-13-23/h3-17,26-31,33-34H,18-22H2,1-2H3/t26-,27+,28-,29-,30-,31-/m1/s1. The topological polar surface area (TPSA) is 88.3 Å². The maximum atomic E-state index is 11.4. The fourth-order valence-corrected chi connectivity index (χ4v) is 4.81. The Labute approximate surface area is 231 Å². The zero-order valence-corrected chi connectivity index (χ0v) is 22.6. The fourth-order valence-electron chi connectivity index (χ4n) is 4.81. The molecule has 39 heavy (non-hydrogen) atoms. The fraction of sp³-hybridized carbons (Fsp3) is 0.438. The number of ether oxygens (including phenoxy) is 5. The van der Waals surface area contributed by atoms with E-state index in [4.69, 9.17) is 23.7 Å². The average molecular weight is 534 g/mol. The summed E-state index contributed by atoms with van der Waals surface area (Å²) in [6.45, 7) is 6.06. The van der Waals surface area contributed by atoms with Crippen molar-refractivity contribution in [1.29, 1.82) is 0 Å². The molecule has 0 saturated carbocycles. The van der Waals surface area contributed by atoms with Gasteiger partial charge >= 0.3 is 0 Å². The summed E-state index contributed by atoms with van der Waals surface area (Å²) >= 11 is 0. The van der Waals surface area contributed by atoms with Crippen LogP contribution in [-0.2, 0) is 43.5 Å². The van der Waals surface area contributed by atoms with Crippen LogP contribution in [0.15, 0.2) is 91.0 Å². The van der Waals surface area contributed by atoms with E-state index < -0.39 is 30.7 Å². The third-order valence-corrected chi connectivity index (χ3v) is 7.34. The van der Waals surface area contributed by atoms with Crippen LogP contribution in [0.2, 0.25) is 0 Å². The van der Waals surface area contributed by atoms with Gasteiger partial charge in [0.1, 0.15) is 24.4 Å². The first kappa shape index (κ1) is 27.9. The zero-order valence-electron chi connectivity index (χ0n) is 22.6. The maximum Gasteiger partial charge on any atom is 0.186 e. The number of benzene rings is 3. The van der Waals surface area contributed by atoms with Gasteiger partial charge in [0, 0.05) is 11.6 Å². The van der Waals surface area contributed by atoms with Gasteiger partial charge < -0.3 is 34.1 Å². The molecular weight excluding hydrogens is 494 g/mol. The summed E-state index contributed by atoms with van der Waals surface area (Å²) in [6, 6.07) is 30.1. The number of aliphatic hydroxyl groups excluding tert-OH is 1. The van der Waals surface area contributed by atoms with Crippen LogP contribution in [0.3, 0.4) is 0 Å². The number of hydrogen-bond donors (Lipinski definition) is 2. The van der Waals surface area contributed by atoms with E-state index >= 15 is 0 Å². The molecule has 0 amide bonds. The molecule has 5 rings (SSSR count). The van der Waals surface area contributed by atoms with Crippen molar-refractivity contribution >= 4 is 0 Å². The number of aliphatic hydroxyl groups is 1. The van der Waals surface area contributed by atoms with Gasteiger partial charge in [0.05, 0.1) is 33.0 Å². The van der Waals surface area contributed by atoms with Gasteiger partial charge in [-0.25, -0.2) is 0 Å². The lowest BCUT2D eigenvalue weighted by molar-refractivity contribution is -0.318. The molecule has 0 unspecified atom stereocenters. The van der Waals surface area contributed by atoms with Crippen LogP contribution in [0.5, 0.6) is 0 Å². The van der Waals surface area contributed by atoms with E-state index in [1.807, 2.05) is 91.0 Å². The van der Waals surface area contributed by atoms with Gasteiger partial charge in [0.15, 0.2) is 6.29 Å². The molecule has 0 aliphatic carbocycles. The van der Waals surface area contributed by atoms with Gasteiger partial charge in [-0.05, 0) is 30.5 Å². The molecule has 3 aromatic carbocycles. The Kier molecular flexibility index (Phi) is 9.42. The van der Waals surface area contributed by atoms with Gasteiger partial charge in [0.25, 0.3) is 0 Å². The summed E-state index contributed by atoms with van der Waals surface area (Å²) in [5, 5.41) is 14.8. The minimum absolute atomic E-state index is 0.0162. The number of nitrogens with one attached hydrogen (secondary N) is 1. The SMILES string of the molecule is CC1(C)N[C@H]1CO[C@@H]1O[C@H](COCc2ccccc2)[C@@H](OCc2ccccc2)[C@H](OCc2ccccc2)[C@H]1O. The largest absolute Gasteiger partial charge is 0.385 e. The summed E-state index contributed by atoms with van der Waals surface area (Å²) in [7, 11) is 0. The molecule has 0 aromatic heterocycles. The smallest absolute Gasteiger partial charge is 0.186 e. The molecule has 2 fully saturated rings. The van der Waals surface area contributed by atoms with E-state index in [2.05, 4.69) is 19.2 Å². The Bertz CT molecular complexity index is 1130. The van der Waals surface area contributed by atoms with E-state index in [0.29, 0.717) is 26.4 Å². The molecule has 6 atom stereocenters. The Hall–Kier alpha value is -2.62. The van der Waals surface area contributed by atoms with Crippen molar-refractivity contribution in [3.8, 4) is 0 Å². The third-order valence-electron chi connectivity index (χ3n) is 7.34. The van der Waals surface area contributed by atoms with Gasteiger partial charge in [0.2, 0.25) is 0 Å². The van der Waals surface area contributed by atoms with Crippen LogP contribution in [0.25, 0.3) is 0 Å². The predicted molar refractivity (Wildman–Crippen MR) is 148 cm³/mol. The molecule has 2 heterocycles. The summed E-state index contributed by atoms with van der Waals surface area (Å²) in [4.78, 5) is 0. The summed E-state index contributed by atoms with van der Waals surface area (Å²) in [5.41, 5.74) is 3.12. The van der Waals surface area contributed by atoms with Crippen LogP contribution in [-0.4, -0.2) is 60.6 Å². The Balaban J connectivity index is 1.32. The van der Waals surface area contributed by atoms with Crippen LogP contribution in [0.4, 0.5) is 0 Å². The summed E-state index contributed by atoms with van der Waals surface area (Å²) in [5.74, 6) is 0. The van der Waals surface area contributed by atoms with E-state index in [9.17, 15) is 5.11 Å². The van der Waals surface area contributed by atoms with E-state index in [0.717, 1.165) is 16.7 Å². The molecule has 3 aromatic rings. The molecular formula is C32H39NO6. The normalized spacial score (nSPS) is 27.8. The number of rotatable bonds is 13. The molecule has 2 N–H and O–H groups in total. The van der Waals surface area contributed by atoms with Crippen molar-refractivity contribution in [3.05, 3.63) is 108 Å². The lowest BCUT2D eigenvalue weighted by Gasteiger charge is -2.44. The first-order valence-corrected chi connectivity index (χ1v) is 13.6. The molecule has 0 spiro atoms. The minimum atomic E-state index is -1.04. The highest BCUT2D eigenvalue weighted by Gasteiger charge is 2.50. The lowest BCUT2D eigenvalue weighted by Crippen LogP contribution is -2.61. The quantitative estimate of drug-likeness (QED) is 0.318. The lowest BCUT2D eigenvalue weighted by atomic mass is 9.98. The van der Waals surface area contributed by atoms with Gasteiger partial charge in [-0.3, -0.25) is 0 Å². The average Bonchev–Trinajstić information content (AvgIpc) is 3.58. The second kappa shape index (κ2) is 13.2. The van der Waals surface area contributed by atoms with Gasteiger partial charge in [-0.2, -0.15) is 0 Å². The Morgan fingerprint density at radius 2 is 1.18 bits per heavy atom. The number of hydrogen-bond acceptors (Lipinski definition) is 7. The van der Waals surface area contributed by atoms with Gasteiger partial charge in [-0.15, -0.1) is 0 Å². The molecule has 7 heteroatoms. The van der Waals surface area contributed by atoms with Crippen LogP contribution in [0.1, 0.15) is 30.5 Å². The van der Waals surface area contributed by atoms with Crippen molar-refractivity contribution in [2.45, 2.75) is 76.0 Å². The summed E-state index contributed by atoms with van der Waals surface area (Å²) < 4.78 is 31.3. The zero-order chi connectivity index (χ0) is 27.1. The first-order chi connectivity index (χ1) is 19.0. The summed E-state index contributed by atoms with van der Waals surface area (Å²) in [6.07, 6.45) is -3.67. The maximum absolute atomic E-state index is 11.4. The third kappa shape index (κ3) is 7.74. The van der Waals surface area contributed by atoms with Crippen LogP contribution < -0.4 is 5.32 Å². The molecule has 2 saturated heterocycles. The molecule has 2 aliphatic heterocycles. The second-order valence-electron chi connectivity index (χ2n) is 10.8. The highest BCUT2D eigenvalue weighted by Crippen LogP contribution is 2.31. The molecule has 208 valence electrons. The molecule has 0 bridgehead atoms. The van der Waals surface area contributed by atoms with Crippen molar-refractivity contribution in [2.75, 3.05) is 13.2 Å². The van der Waals surface area contributed by atoms with E-state index in [-0.39, 0.29) is 18.2 Å². The van der Waals surface area contributed by atoms with Gasteiger partial charge in [-0.1, -0.05) is 91.0 Å². The molecule has 7 nitrogen and oxygen atoms in total. The van der Waals surface area contributed by atoms with E-state index in [1.54, 1.807) is 0 Å². The van der Waals surface area contributed by atoms with Crippen molar-refractivity contribution in [2.24, 2.45) is 0 Å². The van der Waals surface area contributed by atoms with Crippen molar-refractivity contribution < 1.29 is 28.8 Å². The highest BCUT2D eigenvalue weighted by atomic mass is 16.7. The Morgan fingerprint density at radius 3 is 1.69 bits per heavy atom. The van der Waals surface area contributed by atoms with E-state index in [1.165, 1.54) is 0 Å². The first-order valence-electron chi connectivity index (χ1n) is 13.6. The second-order valence-corrected chi connectivity index (χ2v) is 10.8. The van der Waals surface area contributed by atoms with Crippen LogP contribution in [0, 0.1) is 0 Å². The predicted octanol–water partition coefficient (Wildman–Crippen LogP) is 4.23. The van der Waals surface area contributed by atoms with Crippen molar-refractivity contribution in [3.63, 3.8) is 0 Å². The Morgan fingerprint density at radius 1 is 0.692 bits per heavy atom.